The molecule has 23 heavy (non-hydrogen) atoms. The highest BCUT2D eigenvalue weighted by Gasteiger charge is 2.22. The molecule has 3 aromatic rings. The van der Waals surface area contributed by atoms with E-state index in [-0.39, 0.29) is 11.7 Å². The number of fused-ring (bicyclic) bond motifs is 1. The van der Waals surface area contributed by atoms with E-state index in [2.05, 4.69) is 26.6 Å². The Labute approximate surface area is 140 Å². The van der Waals surface area contributed by atoms with Crippen molar-refractivity contribution < 1.29 is 13.6 Å². The summed E-state index contributed by atoms with van der Waals surface area (Å²) in [5, 5.41) is 6.36. The first-order valence-electron chi connectivity index (χ1n) is 6.97. The van der Waals surface area contributed by atoms with Gasteiger partial charge in [-0.1, -0.05) is 0 Å². The first kappa shape index (κ1) is 15.6. The molecule has 1 amide bonds. The van der Waals surface area contributed by atoms with Crippen molar-refractivity contribution in [2.75, 3.05) is 19.4 Å². The van der Waals surface area contributed by atoms with Crippen LogP contribution in [0.2, 0.25) is 0 Å². The zero-order valence-corrected chi connectivity index (χ0v) is 14.1. The summed E-state index contributed by atoms with van der Waals surface area (Å²) in [6.45, 7) is 0. The molecule has 0 bridgehead atoms. The maximum Gasteiger partial charge on any atom is 0.255 e. The Kier molecular flexibility index (Phi) is 4.09. The third kappa shape index (κ3) is 2.70. The molecular formula is C17H14BrFN2O2. The number of carbonyl (C=O) groups is 1. The average molecular weight is 377 g/mol. The fourth-order valence-corrected chi connectivity index (χ4v) is 3.00. The van der Waals surface area contributed by atoms with Gasteiger partial charge in [-0.15, -0.1) is 0 Å². The van der Waals surface area contributed by atoms with Gasteiger partial charge in [-0.05, 0) is 46.3 Å². The van der Waals surface area contributed by atoms with Crippen LogP contribution in [-0.4, -0.2) is 20.0 Å². The van der Waals surface area contributed by atoms with Gasteiger partial charge in [0.1, 0.15) is 17.2 Å². The number of rotatable bonds is 3. The smallest absolute Gasteiger partial charge is 0.255 e. The molecule has 0 radical (unpaired) electrons. The van der Waals surface area contributed by atoms with Crippen molar-refractivity contribution >= 4 is 38.5 Å². The summed E-state index contributed by atoms with van der Waals surface area (Å²) in [4.78, 5) is 12.3. The fourth-order valence-electron chi connectivity index (χ4n) is 2.46. The zero-order chi connectivity index (χ0) is 16.6. The van der Waals surface area contributed by atoms with Gasteiger partial charge in [0.2, 0.25) is 0 Å². The minimum atomic E-state index is -0.341. The van der Waals surface area contributed by atoms with Crippen LogP contribution in [0, 0.1) is 5.82 Å². The van der Waals surface area contributed by atoms with Crippen LogP contribution in [0.1, 0.15) is 10.4 Å². The molecule has 0 aliphatic heterocycles. The van der Waals surface area contributed by atoms with Crippen molar-refractivity contribution in [1.29, 1.82) is 0 Å². The van der Waals surface area contributed by atoms with E-state index in [1.807, 2.05) is 12.1 Å². The average Bonchev–Trinajstić information content (AvgIpc) is 2.92. The van der Waals surface area contributed by atoms with Gasteiger partial charge < -0.3 is 15.1 Å². The first-order chi connectivity index (χ1) is 11.0. The summed E-state index contributed by atoms with van der Waals surface area (Å²) >= 11 is 3.47. The zero-order valence-electron chi connectivity index (χ0n) is 12.5. The van der Waals surface area contributed by atoms with Gasteiger partial charge in [0.15, 0.2) is 0 Å². The van der Waals surface area contributed by atoms with E-state index in [0.717, 1.165) is 10.2 Å². The largest absolute Gasteiger partial charge is 0.455 e. The first-order valence-corrected chi connectivity index (χ1v) is 7.76. The van der Waals surface area contributed by atoms with Crippen LogP contribution in [0.3, 0.4) is 0 Å². The maximum absolute atomic E-state index is 13.2. The lowest BCUT2D eigenvalue weighted by Crippen LogP contribution is -2.18. The lowest BCUT2D eigenvalue weighted by Gasteiger charge is -2.04. The predicted molar refractivity (Wildman–Crippen MR) is 92.2 cm³/mol. The van der Waals surface area contributed by atoms with Crippen LogP contribution < -0.4 is 10.6 Å². The van der Waals surface area contributed by atoms with Gasteiger partial charge in [0.05, 0.1) is 11.3 Å². The van der Waals surface area contributed by atoms with E-state index in [4.69, 9.17) is 4.42 Å². The van der Waals surface area contributed by atoms with E-state index in [1.54, 1.807) is 26.2 Å². The lowest BCUT2D eigenvalue weighted by atomic mass is 10.0. The van der Waals surface area contributed by atoms with Gasteiger partial charge >= 0.3 is 0 Å². The molecule has 2 N–H and O–H groups in total. The number of hydrogen-bond acceptors (Lipinski definition) is 3. The molecule has 4 nitrogen and oxygen atoms in total. The van der Waals surface area contributed by atoms with Crippen LogP contribution in [0.4, 0.5) is 10.1 Å². The summed E-state index contributed by atoms with van der Waals surface area (Å²) in [5.41, 5.74) is 2.50. The van der Waals surface area contributed by atoms with Gasteiger partial charge in [0.25, 0.3) is 5.91 Å². The van der Waals surface area contributed by atoms with Crippen molar-refractivity contribution in [2.45, 2.75) is 0 Å². The second-order valence-corrected chi connectivity index (χ2v) is 5.82. The Morgan fingerprint density at radius 3 is 2.48 bits per heavy atom. The number of amides is 1. The SMILES string of the molecule is CNC(=O)c1c(-c2ccc(F)cc2)oc2cc(NC)c(Br)cc12. The molecule has 3 rings (SSSR count). The van der Waals surface area contributed by atoms with Crippen molar-refractivity contribution in [3.05, 3.63) is 52.3 Å². The summed E-state index contributed by atoms with van der Waals surface area (Å²) < 4.78 is 19.9. The number of halogens is 2. The number of benzene rings is 2. The molecule has 2 aromatic carbocycles. The van der Waals surface area contributed by atoms with Gasteiger partial charge in [-0.2, -0.15) is 0 Å². The Bertz CT molecular complexity index is 888. The highest BCUT2D eigenvalue weighted by Crippen LogP contribution is 2.37. The minimum Gasteiger partial charge on any atom is -0.455 e. The van der Waals surface area contributed by atoms with Crippen molar-refractivity contribution in [1.82, 2.24) is 5.32 Å². The number of nitrogens with one attached hydrogen (secondary N) is 2. The van der Waals surface area contributed by atoms with E-state index in [9.17, 15) is 9.18 Å². The fraction of sp³-hybridized carbons (Fsp3) is 0.118. The molecule has 0 atom stereocenters. The summed E-state index contributed by atoms with van der Waals surface area (Å²) in [6.07, 6.45) is 0. The van der Waals surface area contributed by atoms with Gasteiger partial charge in [-0.25, -0.2) is 4.39 Å². The Balaban J connectivity index is 2.31. The van der Waals surface area contributed by atoms with Crippen LogP contribution in [-0.2, 0) is 0 Å². The van der Waals surface area contributed by atoms with E-state index in [1.165, 1.54) is 12.1 Å². The Morgan fingerprint density at radius 2 is 1.87 bits per heavy atom. The quantitative estimate of drug-likeness (QED) is 0.711. The number of anilines is 1. The monoisotopic (exact) mass is 376 g/mol. The molecule has 0 aliphatic rings. The van der Waals surface area contributed by atoms with Crippen molar-refractivity contribution in [2.24, 2.45) is 0 Å². The van der Waals surface area contributed by atoms with E-state index < -0.39 is 0 Å². The normalized spacial score (nSPS) is 10.8. The molecule has 0 spiro atoms. The summed E-state index contributed by atoms with van der Waals surface area (Å²) in [7, 11) is 3.36. The highest BCUT2D eigenvalue weighted by molar-refractivity contribution is 9.10. The van der Waals surface area contributed by atoms with Gasteiger partial charge in [0, 0.05) is 35.6 Å². The second kappa shape index (κ2) is 6.04. The molecule has 6 heteroatoms. The Morgan fingerprint density at radius 1 is 1.17 bits per heavy atom. The third-order valence-corrected chi connectivity index (χ3v) is 4.26. The summed E-state index contributed by atoms with van der Waals surface area (Å²) in [5.74, 6) is -0.182. The molecular weight excluding hydrogens is 363 g/mol. The van der Waals surface area contributed by atoms with Crippen molar-refractivity contribution in [3.63, 3.8) is 0 Å². The molecule has 1 heterocycles. The maximum atomic E-state index is 13.2. The van der Waals surface area contributed by atoms with E-state index >= 15 is 0 Å². The third-order valence-electron chi connectivity index (χ3n) is 3.61. The molecule has 118 valence electrons. The second-order valence-electron chi connectivity index (χ2n) is 4.97. The molecule has 0 fully saturated rings. The number of hydrogen-bond donors (Lipinski definition) is 2. The molecule has 0 saturated heterocycles. The number of furan rings is 1. The lowest BCUT2D eigenvalue weighted by molar-refractivity contribution is 0.0964. The molecule has 0 aliphatic carbocycles. The predicted octanol–water partition coefficient (Wildman–Crippen LogP) is 4.40. The van der Waals surface area contributed by atoms with E-state index in [0.29, 0.717) is 27.9 Å². The molecule has 1 aromatic heterocycles. The summed E-state index contributed by atoms with van der Waals surface area (Å²) in [6, 6.07) is 9.51. The van der Waals surface area contributed by atoms with Crippen LogP contribution in [0.5, 0.6) is 0 Å². The standard InChI is InChI=1S/C17H14BrFN2O2/c1-20-13-8-14-11(7-12(13)18)15(17(22)21-2)16(23-14)9-3-5-10(19)6-4-9/h3-8,20H,1-2H3,(H,21,22). The van der Waals surface area contributed by atoms with Crippen LogP contribution in [0.25, 0.3) is 22.3 Å². The van der Waals surface area contributed by atoms with Crippen LogP contribution in [0.15, 0.2) is 45.3 Å². The molecule has 0 saturated carbocycles. The Hall–Kier alpha value is -2.34. The van der Waals surface area contributed by atoms with Crippen molar-refractivity contribution in [3.8, 4) is 11.3 Å². The van der Waals surface area contributed by atoms with Gasteiger partial charge in [-0.3, -0.25) is 4.79 Å². The highest BCUT2D eigenvalue weighted by atomic mass is 79.9. The number of carbonyl (C=O) groups excluding carboxylic acids is 1. The topological polar surface area (TPSA) is 54.3 Å². The minimum absolute atomic E-state index is 0.257. The van der Waals surface area contributed by atoms with Crippen LogP contribution >= 0.6 is 15.9 Å². The molecule has 0 unspecified atom stereocenters.